The van der Waals surface area contributed by atoms with E-state index in [2.05, 4.69) is 37.8 Å². The second kappa shape index (κ2) is 6.38. The molecular weight excluding hydrogens is 226 g/mol. The van der Waals surface area contributed by atoms with E-state index in [9.17, 15) is 0 Å². The third-order valence-electron chi connectivity index (χ3n) is 2.73. The Labute approximate surface area is 109 Å². The summed E-state index contributed by atoms with van der Waals surface area (Å²) in [6, 6.07) is 0. The minimum Gasteiger partial charge on any atom is -0.361 e. The van der Waals surface area contributed by atoms with Gasteiger partial charge in [-0.25, -0.2) is 4.98 Å². The van der Waals surface area contributed by atoms with E-state index in [0.717, 1.165) is 11.5 Å². The van der Waals surface area contributed by atoms with Crippen molar-refractivity contribution >= 4 is 0 Å². The van der Waals surface area contributed by atoms with Gasteiger partial charge >= 0.3 is 0 Å². The number of rotatable bonds is 2. The van der Waals surface area contributed by atoms with Crippen LogP contribution in [0.5, 0.6) is 0 Å². The molecule has 2 heterocycles. The maximum absolute atomic E-state index is 4.88. The van der Waals surface area contributed by atoms with E-state index in [1.165, 1.54) is 5.56 Å². The van der Waals surface area contributed by atoms with Gasteiger partial charge in [0, 0.05) is 18.8 Å². The van der Waals surface area contributed by atoms with Crippen LogP contribution >= 0.6 is 0 Å². The van der Waals surface area contributed by atoms with Gasteiger partial charge in [0.05, 0.1) is 18.2 Å². The van der Waals surface area contributed by atoms with Crippen LogP contribution in [0.1, 0.15) is 56.5 Å². The van der Waals surface area contributed by atoms with Crippen molar-refractivity contribution < 1.29 is 4.52 Å². The van der Waals surface area contributed by atoms with Crippen LogP contribution < -0.4 is 0 Å². The molecule has 18 heavy (non-hydrogen) atoms. The molecule has 0 N–H and O–H groups in total. The smallest absolute Gasteiger partial charge is 0.137 e. The lowest BCUT2D eigenvalue weighted by atomic mass is 10.1. The Bertz CT molecular complexity index is 469. The first kappa shape index (κ1) is 14.5. The third-order valence-corrected chi connectivity index (χ3v) is 2.73. The van der Waals surface area contributed by atoms with Gasteiger partial charge in [-0.1, -0.05) is 32.9 Å². The van der Waals surface area contributed by atoms with Crippen LogP contribution in [0.4, 0.5) is 0 Å². The molecule has 0 aliphatic carbocycles. The molecule has 2 aromatic rings. The van der Waals surface area contributed by atoms with Crippen LogP contribution in [-0.2, 0) is 7.05 Å². The molecule has 0 spiro atoms. The number of aryl methyl sites for hydroxylation is 2. The van der Waals surface area contributed by atoms with Crippen molar-refractivity contribution in [2.75, 3.05) is 0 Å². The summed E-state index contributed by atoms with van der Waals surface area (Å²) < 4.78 is 6.84. The van der Waals surface area contributed by atoms with Crippen LogP contribution in [0.2, 0.25) is 0 Å². The minimum atomic E-state index is 0.524. The van der Waals surface area contributed by atoms with Gasteiger partial charge < -0.3 is 9.09 Å². The summed E-state index contributed by atoms with van der Waals surface area (Å²) in [5.41, 5.74) is 2.37. The Morgan fingerprint density at radius 1 is 1.17 bits per heavy atom. The molecule has 0 bridgehead atoms. The van der Waals surface area contributed by atoms with E-state index in [0.29, 0.717) is 11.8 Å². The molecule has 0 aromatic carbocycles. The third kappa shape index (κ3) is 4.02. The Hall–Kier alpha value is -1.58. The normalized spacial score (nSPS) is 10.7. The summed E-state index contributed by atoms with van der Waals surface area (Å²) in [5.74, 6) is 2.01. The fraction of sp³-hybridized carbons (Fsp3) is 0.571. The quantitative estimate of drug-likeness (QED) is 0.816. The first-order chi connectivity index (χ1) is 8.41. The molecular formula is C14H23N3O. The van der Waals surface area contributed by atoms with Gasteiger partial charge in [0.15, 0.2) is 0 Å². The second-order valence-electron chi connectivity index (χ2n) is 5.11. The van der Waals surface area contributed by atoms with Crippen molar-refractivity contribution in [2.24, 2.45) is 7.05 Å². The number of aromatic nitrogens is 3. The number of imidazole rings is 1. The molecule has 0 unspecified atom stereocenters. The summed E-state index contributed by atoms with van der Waals surface area (Å²) in [7, 11) is 1.98. The predicted molar refractivity (Wildman–Crippen MR) is 72.6 cm³/mol. The van der Waals surface area contributed by atoms with Crippen molar-refractivity contribution in [3.05, 3.63) is 35.7 Å². The summed E-state index contributed by atoms with van der Waals surface area (Å²) in [5, 5.41) is 3.67. The average molecular weight is 249 g/mol. The summed E-state index contributed by atoms with van der Waals surface area (Å²) in [4.78, 5) is 4.18. The maximum Gasteiger partial charge on any atom is 0.137 e. The molecule has 0 saturated heterocycles. The van der Waals surface area contributed by atoms with Crippen molar-refractivity contribution in [1.29, 1.82) is 0 Å². The molecule has 100 valence electrons. The van der Waals surface area contributed by atoms with Gasteiger partial charge in [-0.2, -0.15) is 0 Å². The molecule has 2 aromatic heterocycles. The summed E-state index contributed by atoms with van der Waals surface area (Å²) in [6.45, 7) is 10.5. The van der Waals surface area contributed by atoms with Crippen LogP contribution in [0, 0.1) is 6.92 Å². The fourth-order valence-corrected chi connectivity index (χ4v) is 1.59. The van der Waals surface area contributed by atoms with Crippen LogP contribution in [0.25, 0.3) is 0 Å². The Kier molecular flexibility index (Phi) is 5.13. The highest BCUT2D eigenvalue weighted by Crippen LogP contribution is 2.16. The molecule has 0 aliphatic heterocycles. The lowest BCUT2D eigenvalue weighted by molar-refractivity contribution is 0.395. The predicted octanol–water partition coefficient (Wildman–Crippen LogP) is 3.65. The van der Waals surface area contributed by atoms with Gasteiger partial charge in [-0.3, -0.25) is 0 Å². The van der Waals surface area contributed by atoms with Gasteiger partial charge in [-0.15, -0.1) is 0 Å². The highest BCUT2D eigenvalue weighted by atomic mass is 16.5. The second-order valence-corrected chi connectivity index (χ2v) is 5.11. The van der Waals surface area contributed by atoms with Crippen molar-refractivity contribution in [3.63, 3.8) is 0 Å². The monoisotopic (exact) mass is 249 g/mol. The summed E-state index contributed by atoms with van der Waals surface area (Å²) in [6.07, 6.45) is 5.65. The van der Waals surface area contributed by atoms with E-state index in [-0.39, 0.29) is 0 Å². The highest BCUT2D eigenvalue weighted by molar-refractivity contribution is 5.15. The van der Waals surface area contributed by atoms with Crippen LogP contribution in [-0.4, -0.2) is 14.7 Å². The van der Waals surface area contributed by atoms with Gasteiger partial charge in [0.1, 0.15) is 5.76 Å². The van der Waals surface area contributed by atoms with Gasteiger partial charge in [0.2, 0.25) is 0 Å². The highest BCUT2D eigenvalue weighted by Gasteiger charge is 2.05. The van der Waals surface area contributed by atoms with E-state index in [1.54, 1.807) is 6.20 Å². The van der Waals surface area contributed by atoms with Gasteiger partial charge in [0.25, 0.3) is 0 Å². The molecule has 4 heteroatoms. The lowest BCUT2D eigenvalue weighted by Gasteiger charge is -1.97. The molecule has 4 nitrogen and oxygen atoms in total. The standard InChI is InChI=1S/C7H12N2.C7H11NO/c1-6(2)7-4-9(3)5-8-7;1-5(2)7-4-8-9-6(7)3/h4-6H,1-3H3;4-5H,1-3H3. The zero-order chi connectivity index (χ0) is 13.7. The molecule has 0 aliphatic rings. The molecule has 0 atom stereocenters. The molecule has 0 radical (unpaired) electrons. The maximum atomic E-state index is 4.88. The van der Waals surface area contributed by atoms with Crippen molar-refractivity contribution in [3.8, 4) is 0 Å². The first-order valence-electron chi connectivity index (χ1n) is 6.30. The van der Waals surface area contributed by atoms with Gasteiger partial charge in [-0.05, 0) is 18.8 Å². The molecule has 0 saturated carbocycles. The van der Waals surface area contributed by atoms with Crippen molar-refractivity contribution in [2.45, 2.75) is 46.5 Å². The van der Waals surface area contributed by atoms with E-state index in [4.69, 9.17) is 4.52 Å². The fourth-order valence-electron chi connectivity index (χ4n) is 1.59. The average Bonchev–Trinajstić information content (AvgIpc) is 2.87. The number of hydrogen-bond donors (Lipinski definition) is 0. The van der Waals surface area contributed by atoms with Crippen molar-refractivity contribution in [1.82, 2.24) is 14.7 Å². The molecule has 0 amide bonds. The minimum absolute atomic E-state index is 0.524. The Morgan fingerprint density at radius 2 is 1.83 bits per heavy atom. The largest absolute Gasteiger partial charge is 0.361 e. The zero-order valence-corrected chi connectivity index (χ0v) is 12.1. The van der Waals surface area contributed by atoms with E-state index < -0.39 is 0 Å². The Morgan fingerprint density at radius 3 is 2.06 bits per heavy atom. The Balaban J connectivity index is 0.000000180. The van der Waals surface area contributed by atoms with Crippen LogP contribution in [0.3, 0.4) is 0 Å². The molecule has 0 fully saturated rings. The number of nitrogens with zero attached hydrogens (tertiary/aromatic N) is 3. The summed E-state index contributed by atoms with van der Waals surface area (Å²) >= 11 is 0. The van der Waals surface area contributed by atoms with Crippen LogP contribution in [0.15, 0.2) is 23.2 Å². The zero-order valence-electron chi connectivity index (χ0n) is 12.1. The molecule has 2 rings (SSSR count). The topological polar surface area (TPSA) is 43.9 Å². The number of hydrogen-bond acceptors (Lipinski definition) is 3. The van der Waals surface area contributed by atoms with E-state index in [1.807, 2.05) is 31.1 Å². The SMILES string of the molecule is CC(C)c1cn(C)cn1.Cc1oncc1C(C)C. The lowest BCUT2D eigenvalue weighted by Crippen LogP contribution is -1.85. The van der Waals surface area contributed by atoms with E-state index >= 15 is 0 Å². The first-order valence-corrected chi connectivity index (χ1v) is 6.30.